The Bertz CT molecular complexity index is 515. The zero-order valence-corrected chi connectivity index (χ0v) is 13.1. The third-order valence-corrected chi connectivity index (χ3v) is 2.72. The van der Waals surface area contributed by atoms with E-state index in [9.17, 15) is 9.59 Å². The molecule has 6 nitrogen and oxygen atoms in total. The van der Waals surface area contributed by atoms with Crippen LogP contribution in [0.5, 0.6) is 5.75 Å². The van der Waals surface area contributed by atoms with Crippen LogP contribution in [0.25, 0.3) is 0 Å². The Kier molecular flexibility index (Phi) is 6.02. The van der Waals surface area contributed by atoms with E-state index in [1.807, 2.05) is 13.8 Å². The average molecular weight is 293 g/mol. The number of hydrogen-bond acceptors (Lipinski definition) is 4. The summed E-state index contributed by atoms with van der Waals surface area (Å²) in [5, 5.41) is 8.62. The maximum atomic E-state index is 11.9. The van der Waals surface area contributed by atoms with E-state index in [2.05, 4.69) is 16.0 Å². The van der Waals surface area contributed by atoms with Crippen molar-refractivity contribution in [2.75, 3.05) is 17.7 Å². The molecule has 0 heterocycles. The summed E-state index contributed by atoms with van der Waals surface area (Å²) in [6.07, 6.45) is 0. The van der Waals surface area contributed by atoms with Gasteiger partial charge >= 0.3 is 0 Å². The van der Waals surface area contributed by atoms with E-state index in [1.54, 1.807) is 32.2 Å². The highest BCUT2D eigenvalue weighted by Gasteiger charge is 2.15. The van der Waals surface area contributed by atoms with Gasteiger partial charge in [0.2, 0.25) is 11.8 Å². The second-order valence-corrected chi connectivity index (χ2v) is 5.13. The van der Waals surface area contributed by atoms with Gasteiger partial charge in [-0.2, -0.15) is 0 Å². The average Bonchev–Trinajstić information content (AvgIpc) is 2.37. The summed E-state index contributed by atoms with van der Waals surface area (Å²) < 4.78 is 5.26. The van der Waals surface area contributed by atoms with Crippen molar-refractivity contribution in [1.29, 1.82) is 0 Å². The lowest BCUT2D eigenvalue weighted by molar-refractivity contribution is -0.122. The molecule has 0 fully saturated rings. The summed E-state index contributed by atoms with van der Waals surface area (Å²) in [7, 11) is 1.55. The first-order valence-corrected chi connectivity index (χ1v) is 6.86. The van der Waals surface area contributed by atoms with Crippen molar-refractivity contribution >= 4 is 23.2 Å². The SMILES string of the molecule is COc1ccc(NC(C)=O)cc1N[C@@H](C)C(=O)NC(C)C. The molecule has 0 saturated heterocycles. The molecule has 2 amide bonds. The maximum Gasteiger partial charge on any atom is 0.242 e. The number of rotatable bonds is 6. The molecule has 6 heteroatoms. The second-order valence-electron chi connectivity index (χ2n) is 5.13. The second kappa shape index (κ2) is 7.52. The maximum absolute atomic E-state index is 11.9. The molecule has 0 aliphatic carbocycles. The molecule has 0 radical (unpaired) electrons. The third kappa shape index (κ3) is 5.33. The lowest BCUT2D eigenvalue weighted by Crippen LogP contribution is -2.41. The van der Waals surface area contributed by atoms with Crippen molar-refractivity contribution in [3.63, 3.8) is 0 Å². The molecular formula is C15H23N3O3. The van der Waals surface area contributed by atoms with E-state index < -0.39 is 6.04 Å². The van der Waals surface area contributed by atoms with Crippen LogP contribution in [0.4, 0.5) is 11.4 Å². The minimum absolute atomic E-state index is 0.0781. The molecule has 21 heavy (non-hydrogen) atoms. The van der Waals surface area contributed by atoms with Gasteiger partial charge in [-0.25, -0.2) is 0 Å². The van der Waals surface area contributed by atoms with Gasteiger partial charge in [0.15, 0.2) is 0 Å². The number of hydrogen-bond donors (Lipinski definition) is 3. The van der Waals surface area contributed by atoms with Gasteiger partial charge in [-0.15, -0.1) is 0 Å². The molecule has 0 aromatic heterocycles. The summed E-state index contributed by atoms with van der Waals surface area (Å²) in [5.41, 5.74) is 1.29. The van der Waals surface area contributed by atoms with Crippen LogP contribution in [-0.4, -0.2) is 31.0 Å². The monoisotopic (exact) mass is 293 g/mol. The molecule has 0 aliphatic rings. The first kappa shape index (κ1) is 16.8. The summed E-state index contributed by atoms with van der Waals surface area (Å²) in [5.74, 6) is 0.349. The van der Waals surface area contributed by atoms with Crippen molar-refractivity contribution < 1.29 is 14.3 Å². The highest BCUT2D eigenvalue weighted by Crippen LogP contribution is 2.28. The number of benzene rings is 1. The van der Waals surface area contributed by atoms with Gasteiger partial charge in [0.25, 0.3) is 0 Å². The van der Waals surface area contributed by atoms with Crippen LogP contribution < -0.4 is 20.7 Å². The van der Waals surface area contributed by atoms with Crippen LogP contribution in [0.1, 0.15) is 27.7 Å². The minimum Gasteiger partial charge on any atom is -0.495 e. The molecular weight excluding hydrogens is 270 g/mol. The zero-order chi connectivity index (χ0) is 16.0. The molecule has 3 N–H and O–H groups in total. The fourth-order valence-electron chi connectivity index (χ4n) is 1.81. The van der Waals surface area contributed by atoms with Crippen LogP contribution in [0.2, 0.25) is 0 Å². The molecule has 0 saturated carbocycles. The van der Waals surface area contributed by atoms with Crippen molar-refractivity contribution in [3.05, 3.63) is 18.2 Å². The standard InChI is InChI=1S/C15H23N3O3/c1-9(2)16-15(20)10(3)17-13-8-12(18-11(4)19)6-7-14(13)21-5/h6-10,17H,1-5H3,(H,16,20)(H,18,19)/t10-/m0/s1. The molecule has 0 spiro atoms. The van der Waals surface area contributed by atoms with Crippen molar-refractivity contribution in [2.24, 2.45) is 0 Å². The Hall–Kier alpha value is -2.24. The molecule has 1 rings (SSSR count). The largest absolute Gasteiger partial charge is 0.495 e. The predicted octanol–water partition coefficient (Wildman–Crippen LogP) is 1.98. The summed E-state index contributed by atoms with van der Waals surface area (Å²) in [6.45, 7) is 7.02. The molecule has 0 unspecified atom stereocenters. The smallest absolute Gasteiger partial charge is 0.242 e. The van der Waals surface area contributed by atoms with E-state index in [1.165, 1.54) is 6.92 Å². The lowest BCUT2D eigenvalue weighted by Gasteiger charge is -2.19. The van der Waals surface area contributed by atoms with Crippen LogP contribution in [0.3, 0.4) is 0 Å². The van der Waals surface area contributed by atoms with E-state index >= 15 is 0 Å². The van der Waals surface area contributed by atoms with E-state index in [4.69, 9.17) is 4.74 Å². The Morgan fingerprint density at radius 1 is 1.19 bits per heavy atom. The van der Waals surface area contributed by atoms with Gasteiger partial charge in [-0.1, -0.05) is 0 Å². The van der Waals surface area contributed by atoms with Gasteiger partial charge in [-0.3, -0.25) is 9.59 Å². The molecule has 0 aliphatic heterocycles. The normalized spacial score (nSPS) is 11.7. The fraction of sp³-hybridized carbons (Fsp3) is 0.467. The number of amides is 2. The molecule has 0 bridgehead atoms. The first-order chi connectivity index (χ1) is 9.83. The van der Waals surface area contributed by atoms with Gasteiger partial charge in [-0.05, 0) is 39.0 Å². The molecule has 1 aromatic carbocycles. The number of methoxy groups -OCH3 is 1. The zero-order valence-electron chi connectivity index (χ0n) is 13.1. The highest BCUT2D eigenvalue weighted by atomic mass is 16.5. The Labute approximate surface area is 125 Å². The van der Waals surface area contributed by atoms with Crippen molar-refractivity contribution in [3.8, 4) is 5.75 Å². The number of carbonyl (C=O) groups is 2. The van der Waals surface area contributed by atoms with Crippen LogP contribution in [0.15, 0.2) is 18.2 Å². The fourth-order valence-corrected chi connectivity index (χ4v) is 1.81. The van der Waals surface area contributed by atoms with Gasteiger partial charge in [0, 0.05) is 18.7 Å². The van der Waals surface area contributed by atoms with E-state index in [0.29, 0.717) is 17.1 Å². The Balaban J connectivity index is 2.88. The predicted molar refractivity (Wildman–Crippen MR) is 83.7 cm³/mol. The third-order valence-electron chi connectivity index (χ3n) is 2.72. The Morgan fingerprint density at radius 3 is 2.38 bits per heavy atom. The number of nitrogens with one attached hydrogen (secondary N) is 3. The van der Waals surface area contributed by atoms with Gasteiger partial charge in [0.1, 0.15) is 11.8 Å². The first-order valence-electron chi connectivity index (χ1n) is 6.86. The highest BCUT2D eigenvalue weighted by molar-refractivity contribution is 5.90. The molecule has 1 aromatic rings. The van der Waals surface area contributed by atoms with Crippen LogP contribution in [0, 0.1) is 0 Å². The minimum atomic E-state index is -0.422. The summed E-state index contributed by atoms with van der Waals surface area (Å²) in [4.78, 5) is 23.0. The van der Waals surface area contributed by atoms with Crippen LogP contribution >= 0.6 is 0 Å². The lowest BCUT2D eigenvalue weighted by atomic mass is 10.2. The number of anilines is 2. The molecule has 1 atom stereocenters. The van der Waals surface area contributed by atoms with Crippen molar-refractivity contribution in [1.82, 2.24) is 5.32 Å². The van der Waals surface area contributed by atoms with E-state index in [-0.39, 0.29) is 17.9 Å². The summed E-state index contributed by atoms with van der Waals surface area (Å²) >= 11 is 0. The Morgan fingerprint density at radius 2 is 1.86 bits per heavy atom. The topological polar surface area (TPSA) is 79.5 Å². The van der Waals surface area contributed by atoms with Gasteiger partial charge < -0.3 is 20.7 Å². The van der Waals surface area contributed by atoms with Gasteiger partial charge in [0.05, 0.1) is 12.8 Å². The van der Waals surface area contributed by atoms with E-state index in [0.717, 1.165) is 0 Å². The molecule has 116 valence electrons. The summed E-state index contributed by atoms with van der Waals surface area (Å²) in [6, 6.07) is 4.87. The quantitative estimate of drug-likeness (QED) is 0.749. The number of carbonyl (C=O) groups excluding carboxylic acids is 2. The van der Waals surface area contributed by atoms with Crippen LogP contribution in [-0.2, 0) is 9.59 Å². The number of ether oxygens (including phenoxy) is 1. The van der Waals surface area contributed by atoms with Crippen molar-refractivity contribution in [2.45, 2.75) is 39.8 Å².